The molecule has 84 valence electrons. The number of benzene rings is 1. The number of rotatable bonds is 4. The Labute approximate surface area is 97.2 Å². The molecule has 0 unspecified atom stereocenters. The Kier molecular flexibility index (Phi) is 3.85. The molecule has 0 spiro atoms. The Morgan fingerprint density at radius 2 is 2.12 bits per heavy atom. The molecule has 2 nitrogen and oxygen atoms in total. The van der Waals surface area contributed by atoms with Gasteiger partial charge in [0.1, 0.15) is 12.4 Å². The van der Waals surface area contributed by atoms with Crippen molar-refractivity contribution >= 4 is 0 Å². The van der Waals surface area contributed by atoms with Gasteiger partial charge >= 0.3 is 0 Å². The van der Waals surface area contributed by atoms with Gasteiger partial charge in [-0.25, -0.2) is 0 Å². The first-order valence-electron chi connectivity index (χ1n) is 5.80. The summed E-state index contributed by atoms with van der Waals surface area (Å²) in [6.45, 7) is 4.19. The van der Waals surface area contributed by atoms with Crippen LogP contribution in [0.25, 0.3) is 0 Å². The van der Waals surface area contributed by atoms with Crippen LogP contribution in [0.5, 0.6) is 5.75 Å². The smallest absolute Gasteiger partial charge is 0.120 e. The summed E-state index contributed by atoms with van der Waals surface area (Å²) in [7, 11) is 0. The summed E-state index contributed by atoms with van der Waals surface area (Å²) in [6, 6.07) is 7.70. The molecule has 0 atom stereocenters. The van der Waals surface area contributed by atoms with Gasteiger partial charge in [0.05, 0.1) is 0 Å². The first-order chi connectivity index (χ1) is 7.88. The molecule has 0 N–H and O–H groups in total. The molecule has 1 fully saturated rings. The van der Waals surface area contributed by atoms with Gasteiger partial charge in [0.15, 0.2) is 0 Å². The topological polar surface area (TPSA) is 12.5 Å². The lowest BCUT2D eigenvalue weighted by atomic mass is 10.2. The zero-order valence-electron chi connectivity index (χ0n) is 9.48. The van der Waals surface area contributed by atoms with Crippen molar-refractivity contribution in [1.82, 2.24) is 4.90 Å². The molecule has 0 radical (unpaired) electrons. The lowest BCUT2D eigenvalue weighted by molar-refractivity contribution is 0.238. The van der Waals surface area contributed by atoms with E-state index in [1.807, 2.05) is 24.3 Å². The van der Waals surface area contributed by atoms with Crippen molar-refractivity contribution in [2.24, 2.45) is 0 Å². The number of likely N-dealkylation sites (tertiary alicyclic amines) is 1. The highest BCUT2D eigenvalue weighted by Crippen LogP contribution is 2.13. The fourth-order valence-electron chi connectivity index (χ4n) is 1.97. The average molecular weight is 215 g/mol. The predicted octanol–water partition coefficient (Wildman–Crippen LogP) is 2.14. The van der Waals surface area contributed by atoms with Crippen LogP contribution in [0.1, 0.15) is 18.4 Å². The number of ether oxygens (including phenoxy) is 1. The lowest BCUT2D eigenvalue weighted by Gasteiger charge is -2.14. The molecule has 1 saturated heterocycles. The summed E-state index contributed by atoms with van der Waals surface area (Å²) in [5.41, 5.74) is 0.874. The molecule has 1 aliphatic rings. The van der Waals surface area contributed by atoms with Gasteiger partial charge in [-0.15, -0.1) is 6.42 Å². The van der Waals surface area contributed by atoms with Crippen molar-refractivity contribution in [2.45, 2.75) is 12.8 Å². The van der Waals surface area contributed by atoms with Crippen LogP contribution in [0, 0.1) is 12.3 Å². The second-order valence-corrected chi connectivity index (χ2v) is 4.07. The van der Waals surface area contributed by atoms with Crippen LogP contribution >= 0.6 is 0 Å². The van der Waals surface area contributed by atoms with Crippen LogP contribution < -0.4 is 4.74 Å². The molecule has 0 aliphatic carbocycles. The number of hydrogen-bond acceptors (Lipinski definition) is 2. The fraction of sp³-hybridized carbons (Fsp3) is 0.429. The van der Waals surface area contributed by atoms with E-state index in [-0.39, 0.29) is 0 Å². The van der Waals surface area contributed by atoms with Crippen molar-refractivity contribution in [2.75, 3.05) is 26.2 Å². The van der Waals surface area contributed by atoms with E-state index in [9.17, 15) is 0 Å². The average Bonchev–Trinajstić information content (AvgIpc) is 2.82. The molecular formula is C14H17NO. The Morgan fingerprint density at radius 1 is 1.31 bits per heavy atom. The van der Waals surface area contributed by atoms with E-state index in [0.717, 1.165) is 24.5 Å². The highest BCUT2D eigenvalue weighted by molar-refractivity contribution is 5.38. The van der Waals surface area contributed by atoms with Gasteiger partial charge in [0.25, 0.3) is 0 Å². The molecule has 0 bridgehead atoms. The zero-order chi connectivity index (χ0) is 11.2. The van der Waals surface area contributed by atoms with Crippen molar-refractivity contribution in [3.05, 3.63) is 29.8 Å². The highest BCUT2D eigenvalue weighted by Gasteiger charge is 2.10. The fourth-order valence-corrected chi connectivity index (χ4v) is 1.97. The van der Waals surface area contributed by atoms with E-state index in [2.05, 4.69) is 10.8 Å². The predicted molar refractivity (Wildman–Crippen MR) is 65.5 cm³/mol. The van der Waals surface area contributed by atoms with E-state index in [4.69, 9.17) is 11.2 Å². The van der Waals surface area contributed by atoms with E-state index < -0.39 is 0 Å². The molecule has 1 aliphatic heterocycles. The van der Waals surface area contributed by atoms with Crippen molar-refractivity contribution < 1.29 is 4.74 Å². The quantitative estimate of drug-likeness (QED) is 0.713. The largest absolute Gasteiger partial charge is 0.492 e. The van der Waals surface area contributed by atoms with Crippen LogP contribution in [-0.2, 0) is 0 Å². The molecule has 2 rings (SSSR count). The van der Waals surface area contributed by atoms with E-state index >= 15 is 0 Å². The highest BCUT2D eigenvalue weighted by atomic mass is 16.5. The number of nitrogens with zero attached hydrogens (tertiary/aromatic N) is 1. The Balaban J connectivity index is 1.78. The standard InChI is InChI=1S/C14H17NO/c1-2-13-6-5-7-14(12-13)16-11-10-15-8-3-4-9-15/h1,5-7,12H,3-4,8-11H2. The summed E-state index contributed by atoms with van der Waals surface area (Å²) in [5, 5.41) is 0. The molecule has 0 saturated carbocycles. The van der Waals surface area contributed by atoms with Crippen LogP contribution in [-0.4, -0.2) is 31.1 Å². The molecule has 0 amide bonds. The maximum absolute atomic E-state index is 5.67. The molecule has 1 heterocycles. The summed E-state index contributed by atoms with van der Waals surface area (Å²) < 4.78 is 5.67. The minimum absolute atomic E-state index is 0.744. The van der Waals surface area contributed by atoms with Crippen molar-refractivity contribution in [3.63, 3.8) is 0 Å². The number of hydrogen-bond donors (Lipinski definition) is 0. The summed E-state index contributed by atoms with van der Waals surface area (Å²) >= 11 is 0. The van der Waals surface area contributed by atoms with Crippen molar-refractivity contribution in [3.8, 4) is 18.1 Å². The van der Waals surface area contributed by atoms with E-state index in [1.54, 1.807) is 0 Å². The third-order valence-corrected chi connectivity index (χ3v) is 2.88. The lowest BCUT2D eigenvalue weighted by Crippen LogP contribution is -2.25. The minimum Gasteiger partial charge on any atom is -0.492 e. The molecular weight excluding hydrogens is 198 g/mol. The van der Waals surface area contributed by atoms with Gasteiger partial charge in [-0.3, -0.25) is 4.90 Å². The minimum atomic E-state index is 0.744. The van der Waals surface area contributed by atoms with Gasteiger partial charge in [-0.1, -0.05) is 12.0 Å². The van der Waals surface area contributed by atoms with Gasteiger partial charge in [0, 0.05) is 12.1 Å². The summed E-state index contributed by atoms with van der Waals surface area (Å²) in [6.07, 6.45) is 7.99. The Morgan fingerprint density at radius 3 is 2.88 bits per heavy atom. The van der Waals surface area contributed by atoms with Gasteiger partial charge < -0.3 is 4.74 Å². The third-order valence-electron chi connectivity index (χ3n) is 2.88. The van der Waals surface area contributed by atoms with Crippen LogP contribution in [0.2, 0.25) is 0 Å². The van der Waals surface area contributed by atoms with E-state index in [0.29, 0.717) is 0 Å². The van der Waals surface area contributed by atoms with Gasteiger partial charge in [0.2, 0.25) is 0 Å². The molecule has 1 aromatic rings. The van der Waals surface area contributed by atoms with Crippen LogP contribution in [0.4, 0.5) is 0 Å². The van der Waals surface area contributed by atoms with Gasteiger partial charge in [-0.05, 0) is 44.1 Å². The molecule has 0 aromatic heterocycles. The zero-order valence-corrected chi connectivity index (χ0v) is 9.48. The Bertz CT molecular complexity index is 375. The van der Waals surface area contributed by atoms with E-state index in [1.165, 1.54) is 25.9 Å². The van der Waals surface area contributed by atoms with Crippen LogP contribution in [0.15, 0.2) is 24.3 Å². The Hall–Kier alpha value is -1.46. The van der Waals surface area contributed by atoms with Crippen LogP contribution in [0.3, 0.4) is 0 Å². The monoisotopic (exact) mass is 215 g/mol. The van der Waals surface area contributed by atoms with Crippen molar-refractivity contribution in [1.29, 1.82) is 0 Å². The molecule has 1 aromatic carbocycles. The first-order valence-corrected chi connectivity index (χ1v) is 5.80. The maximum Gasteiger partial charge on any atom is 0.120 e. The third kappa shape index (κ3) is 3.01. The summed E-state index contributed by atoms with van der Waals surface area (Å²) in [4.78, 5) is 2.44. The summed E-state index contributed by atoms with van der Waals surface area (Å²) in [5.74, 6) is 3.48. The molecule has 2 heteroatoms. The first kappa shape index (κ1) is 11.0. The second kappa shape index (κ2) is 5.58. The second-order valence-electron chi connectivity index (χ2n) is 4.07. The van der Waals surface area contributed by atoms with Gasteiger partial charge in [-0.2, -0.15) is 0 Å². The maximum atomic E-state index is 5.67. The SMILES string of the molecule is C#Cc1cccc(OCCN2CCCC2)c1. The normalized spacial score (nSPS) is 15.9. The molecule has 16 heavy (non-hydrogen) atoms. The number of terminal acetylenes is 1.